The molecule has 14 heavy (non-hydrogen) atoms. The molecule has 0 saturated carbocycles. The zero-order valence-electron chi connectivity index (χ0n) is 8.58. The molecule has 1 aliphatic rings. The van der Waals surface area contributed by atoms with Crippen LogP contribution in [-0.4, -0.2) is 32.2 Å². The van der Waals surface area contributed by atoms with Gasteiger partial charge in [0.15, 0.2) is 0 Å². The first-order valence-electron chi connectivity index (χ1n) is 4.78. The van der Waals surface area contributed by atoms with Crippen LogP contribution in [0.15, 0.2) is 12.1 Å². The molecule has 1 aliphatic heterocycles. The van der Waals surface area contributed by atoms with Crippen LogP contribution in [-0.2, 0) is 6.54 Å². The van der Waals surface area contributed by atoms with Gasteiger partial charge in [-0.1, -0.05) is 0 Å². The average Bonchev–Trinajstić information content (AvgIpc) is 2.41. The fraction of sp³-hybridized carbons (Fsp3) is 0.500. The number of hydrogen-bond acceptors (Lipinski definition) is 4. The fourth-order valence-electron chi connectivity index (χ4n) is 1.41. The highest BCUT2D eigenvalue weighted by molar-refractivity contribution is 5.42. The number of rotatable bonds is 1. The maximum atomic E-state index is 5.54. The van der Waals surface area contributed by atoms with Gasteiger partial charge >= 0.3 is 0 Å². The Balaban J connectivity index is 2.32. The molecule has 0 unspecified atom stereocenters. The third-order valence-corrected chi connectivity index (χ3v) is 2.22. The lowest BCUT2D eigenvalue weighted by atomic mass is 10.2. The summed E-state index contributed by atoms with van der Waals surface area (Å²) >= 11 is 0. The Bertz CT molecular complexity index is 325. The zero-order chi connectivity index (χ0) is 9.97. The van der Waals surface area contributed by atoms with E-state index in [1.54, 1.807) is 0 Å². The predicted octanol–water partition coefficient (Wildman–Crippen LogP) is 0.630. The quantitative estimate of drug-likeness (QED) is 0.710. The summed E-state index contributed by atoms with van der Waals surface area (Å²) in [5.41, 5.74) is 1.13. The Kier molecular flexibility index (Phi) is 2.54. The minimum Gasteiger partial charge on any atom is -0.476 e. The van der Waals surface area contributed by atoms with Gasteiger partial charge in [-0.3, -0.25) is 0 Å². The Labute approximate surface area is 83.9 Å². The van der Waals surface area contributed by atoms with Crippen molar-refractivity contribution in [2.45, 2.75) is 6.54 Å². The highest BCUT2D eigenvalue weighted by atomic mass is 16.5. The molecule has 0 spiro atoms. The number of anilines is 1. The number of hydrogen-bond donors (Lipinski definition) is 1. The average molecular weight is 193 g/mol. The van der Waals surface area contributed by atoms with Crippen LogP contribution in [0.3, 0.4) is 0 Å². The summed E-state index contributed by atoms with van der Waals surface area (Å²) in [6, 6.07) is 4.07. The van der Waals surface area contributed by atoms with E-state index < -0.39 is 0 Å². The number of aromatic nitrogens is 1. The molecule has 2 heterocycles. The van der Waals surface area contributed by atoms with Crippen LogP contribution in [0, 0.1) is 0 Å². The summed E-state index contributed by atoms with van der Waals surface area (Å²) in [4.78, 5) is 6.41. The van der Waals surface area contributed by atoms with Gasteiger partial charge < -0.3 is 15.0 Å². The molecule has 1 aromatic rings. The van der Waals surface area contributed by atoms with Crippen LogP contribution in [0.2, 0.25) is 0 Å². The second kappa shape index (κ2) is 3.84. The summed E-state index contributed by atoms with van der Waals surface area (Å²) in [5, 5.41) is 3.27. The molecule has 2 rings (SSSR count). The van der Waals surface area contributed by atoms with E-state index in [9.17, 15) is 0 Å². The maximum absolute atomic E-state index is 5.54. The van der Waals surface area contributed by atoms with Crippen molar-refractivity contribution in [2.24, 2.45) is 0 Å². The molecule has 0 bridgehead atoms. The van der Waals surface area contributed by atoms with Crippen LogP contribution in [0.4, 0.5) is 5.82 Å². The standard InChI is InChI=1S/C10H15N3O/c1-13(2)9-4-3-8-7-11-5-6-14-10(8)12-9/h3-4,11H,5-7H2,1-2H3. The molecule has 0 fully saturated rings. The number of nitrogens with zero attached hydrogens (tertiary/aromatic N) is 2. The van der Waals surface area contributed by atoms with Crippen molar-refractivity contribution < 1.29 is 4.74 Å². The number of nitrogens with one attached hydrogen (secondary N) is 1. The number of fused-ring (bicyclic) bond motifs is 1. The Morgan fingerprint density at radius 1 is 1.43 bits per heavy atom. The van der Waals surface area contributed by atoms with Crippen molar-refractivity contribution in [2.75, 3.05) is 32.1 Å². The van der Waals surface area contributed by atoms with Crippen molar-refractivity contribution in [3.05, 3.63) is 17.7 Å². The van der Waals surface area contributed by atoms with Gasteiger partial charge in [-0.15, -0.1) is 0 Å². The van der Waals surface area contributed by atoms with Gasteiger partial charge in [-0.05, 0) is 12.1 Å². The van der Waals surface area contributed by atoms with Gasteiger partial charge in [0.1, 0.15) is 12.4 Å². The van der Waals surface area contributed by atoms with E-state index in [2.05, 4.69) is 16.4 Å². The summed E-state index contributed by atoms with van der Waals surface area (Å²) in [5.74, 6) is 1.70. The van der Waals surface area contributed by atoms with E-state index in [-0.39, 0.29) is 0 Å². The molecule has 0 amide bonds. The van der Waals surface area contributed by atoms with Crippen LogP contribution < -0.4 is 15.0 Å². The van der Waals surface area contributed by atoms with E-state index in [0.29, 0.717) is 6.61 Å². The number of pyridine rings is 1. The summed E-state index contributed by atoms with van der Waals surface area (Å²) in [6.07, 6.45) is 0. The van der Waals surface area contributed by atoms with Crippen LogP contribution in [0.5, 0.6) is 5.88 Å². The lowest BCUT2D eigenvalue weighted by Gasteiger charge is -2.13. The maximum Gasteiger partial charge on any atom is 0.219 e. The molecular formula is C10H15N3O. The van der Waals surface area contributed by atoms with Crippen molar-refractivity contribution >= 4 is 5.82 Å². The molecule has 1 aromatic heterocycles. The lowest BCUT2D eigenvalue weighted by Crippen LogP contribution is -2.16. The minimum atomic E-state index is 0.691. The van der Waals surface area contributed by atoms with Crippen LogP contribution in [0.25, 0.3) is 0 Å². The Hall–Kier alpha value is -1.29. The SMILES string of the molecule is CN(C)c1ccc2c(n1)OCCNC2. The molecule has 0 aliphatic carbocycles. The van der Waals surface area contributed by atoms with Crippen molar-refractivity contribution in [1.29, 1.82) is 0 Å². The fourth-order valence-corrected chi connectivity index (χ4v) is 1.41. The molecule has 4 nitrogen and oxygen atoms in total. The van der Waals surface area contributed by atoms with E-state index in [1.165, 1.54) is 0 Å². The van der Waals surface area contributed by atoms with Gasteiger partial charge in [-0.25, -0.2) is 0 Å². The molecule has 0 saturated heterocycles. The van der Waals surface area contributed by atoms with Gasteiger partial charge in [-0.2, -0.15) is 4.98 Å². The topological polar surface area (TPSA) is 37.4 Å². The predicted molar refractivity (Wildman–Crippen MR) is 55.8 cm³/mol. The van der Waals surface area contributed by atoms with Gasteiger partial charge in [0.05, 0.1) is 0 Å². The second-order valence-corrected chi connectivity index (χ2v) is 3.55. The molecular weight excluding hydrogens is 178 g/mol. The van der Waals surface area contributed by atoms with E-state index in [4.69, 9.17) is 4.74 Å². The second-order valence-electron chi connectivity index (χ2n) is 3.55. The Morgan fingerprint density at radius 2 is 2.29 bits per heavy atom. The lowest BCUT2D eigenvalue weighted by molar-refractivity contribution is 0.314. The largest absolute Gasteiger partial charge is 0.476 e. The Morgan fingerprint density at radius 3 is 3.07 bits per heavy atom. The van der Waals surface area contributed by atoms with Crippen molar-refractivity contribution in [3.8, 4) is 5.88 Å². The van der Waals surface area contributed by atoms with Crippen molar-refractivity contribution in [3.63, 3.8) is 0 Å². The normalized spacial score (nSPS) is 15.3. The highest BCUT2D eigenvalue weighted by Crippen LogP contribution is 2.21. The van der Waals surface area contributed by atoms with E-state index >= 15 is 0 Å². The molecule has 0 aromatic carbocycles. The minimum absolute atomic E-state index is 0.691. The third kappa shape index (κ3) is 1.80. The van der Waals surface area contributed by atoms with Crippen molar-refractivity contribution in [1.82, 2.24) is 10.3 Å². The van der Waals surface area contributed by atoms with E-state index in [1.807, 2.05) is 25.1 Å². The molecule has 0 atom stereocenters. The number of ether oxygens (including phenoxy) is 1. The van der Waals surface area contributed by atoms with Gasteiger partial charge in [0.25, 0.3) is 0 Å². The molecule has 76 valence electrons. The van der Waals surface area contributed by atoms with E-state index in [0.717, 1.165) is 30.4 Å². The summed E-state index contributed by atoms with van der Waals surface area (Å²) < 4.78 is 5.54. The zero-order valence-corrected chi connectivity index (χ0v) is 8.58. The third-order valence-electron chi connectivity index (χ3n) is 2.22. The summed E-state index contributed by atoms with van der Waals surface area (Å²) in [7, 11) is 3.95. The molecule has 4 heteroatoms. The van der Waals surface area contributed by atoms with Gasteiger partial charge in [0, 0.05) is 32.7 Å². The molecule has 0 radical (unpaired) electrons. The highest BCUT2D eigenvalue weighted by Gasteiger charge is 2.10. The smallest absolute Gasteiger partial charge is 0.219 e. The van der Waals surface area contributed by atoms with Gasteiger partial charge in [0.2, 0.25) is 5.88 Å². The first-order chi connectivity index (χ1) is 6.77. The first kappa shape index (κ1) is 9.27. The first-order valence-corrected chi connectivity index (χ1v) is 4.78. The van der Waals surface area contributed by atoms with Crippen LogP contribution in [0.1, 0.15) is 5.56 Å². The summed E-state index contributed by atoms with van der Waals surface area (Å²) in [6.45, 7) is 2.42. The monoisotopic (exact) mass is 193 g/mol. The van der Waals surface area contributed by atoms with Crippen LogP contribution >= 0.6 is 0 Å². The molecule has 1 N–H and O–H groups in total.